The molecule has 84 valence electrons. The van der Waals surface area contributed by atoms with Gasteiger partial charge in [-0.2, -0.15) is 0 Å². The van der Waals surface area contributed by atoms with E-state index in [0.29, 0.717) is 5.56 Å². The highest BCUT2D eigenvalue weighted by Gasteiger charge is 2.14. The number of rotatable bonds is 3. The average Bonchev–Trinajstić information content (AvgIpc) is 2.81. The molecule has 0 fully saturated rings. The summed E-state index contributed by atoms with van der Waals surface area (Å²) in [6.07, 6.45) is 5.15. The van der Waals surface area contributed by atoms with Crippen molar-refractivity contribution in [3.63, 3.8) is 0 Å². The zero-order chi connectivity index (χ0) is 11.5. The van der Waals surface area contributed by atoms with Crippen molar-refractivity contribution in [1.29, 1.82) is 0 Å². The van der Waals surface area contributed by atoms with Crippen molar-refractivity contribution in [2.24, 2.45) is 0 Å². The third-order valence-electron chi connectivity index (χ3n) is 2.68. The smallest absolute Gasteiger partial charge is 0.130 e. The van der Waals surface area contributed by atoms with Gasteiger partial charge in [-0.05, 0) is 26.1 Å². The molecular weight excluding hydrogens is 205 g/mol. The van der Waals surface area contributed by atoms with Crippen LogP contribution in [0.5, 0.6) is 0 Å². The van der Waals surface area contributed by atoms with Crippen molar-refractivity contribution < 1.29 is 4.39 Å². The molecule has 0 amide bonds. The fourth-order valence-electron chi connectivity index (χ4n) is 1.73. The minimum atomic E-state index is -0.201. The van der Waals surface area contributed by atoms with Crippen LogP contribution < -0.4 is 5.32 Å². The molecule has 1 aromatic heterocycles. The van der Waals surface area contributed by atoms with Gasteiger partial charge in [0, 0.05) is 24.0 Å². The predicted molar refractivity (Wildman–Crippen MR) is 61.0 cm³/mol. The van der Waals surface area contributed by atoms with Crippen molar-refractivity contribution >= 4 is 0 Å². The molecule has 4 heteroatoms. The van der Waals surface area contributed by atoms with Crippen LogP contribution in [0.1, 0.15) is 18.5 Å². The van der Waals surface area contributed by atoms with Crippen LogP contribution >= 0.6 is 0 Å². The van der Waals surface area contributed by atoms with Gasteiger partial charge >= 0.3 is 0 Å². The lowest BCUT2D eigenvalue weighted by molar-refractivity contribution is 0.559. The molecule has 1 atom stereocenters. The Bertz CT molecular complexity index is 465. The summed E-state index contributed by atoms with van der Waals surface area (Å²) in [5.74, 6) is -0.201. The van der Waals surface area contributed by atoms with Crippen LogP contribution in [-0.2, 0) is 0 Å². The lowest BCUT2D eigenvalue weighted by Crippen LogP contribution is -2.16. The summed E-state index contributed by atoms with van der Waals surface area (Å²) in [5.41, 5.74) is 1.47. The van der Waals surface area contributed by atoms with E-state index in [2.05, 4.69) is 10.3 Å². The van der Waals surface area contributed by atoms with Gasteiger partial charge < -0.3 is 9.88 Å². The maximum atomic E-state index is 13.8. The molecule has 1 heterocycles. The molecule has 1 N–H and O–H groups in total. The number of aromatic nitrogens is 2. The van der Waals surface area contributed by atoms with Crippen molar-refractivity contribution in [2.75, 3.05) is 7.05 Å². The first kappa shape index (κ1) is 10.8. The fourth-order valence-corrected chi connectivity index (χ4v) is 1.73. The van der Waals surface area contributed by atoms with Gasteiger partial charge in [0.05, 0.1) is 12.0 Å². The number of hydrogen-bond acceptors (Lipinski definition) is 2. The molecule has 0 aliphatic rings. The molecule has 0 bridgehead atoms. The molecule has 1 unspecified atom stereocenters. The Morgan fingerprint density at radius 1 is 1.44 bits per heavy atom. The molecule has 1 aromatic carbocycles. The van der Waals surface area contributed by atoms with Gasteiger partial charge in [-0.25, -0.2) is 9.37 Å². The lowest BCUT2D eigenvalue weighted by Gasteiger charge is -2.17. The minimum absolute atomic E-state index is 0.0430. The number of hydrogen-bond donors (Lipinski definition) is 1. The zero-order valence-corrected chi connectivity index (χ0v) is 9.31. The van der Waals surface area contributed by atoms with Crippen molar-refractivity contribution in [2.45, 2.75) is 13.0 Å². The van der Waals surface area contributed by atoms with E-state index < -0.39 is 0 Å². The lowest BCUT2D eigenvalue weighted by atomic mass is 10.1. The number of nitrogens with zero attached hydrogens (tertiary/aromatic N) is 2. The van der Waals surface area contributed by atoms with Gasteiger partial charge in [-0.15, -0.1) is 0 Å². The quantitative estimate of drug-likeness (QED) is 0.858. The Balaban J connectivity index is 2.57. The molecule has 0 aliphatic carbocycles. The summed E-state index contributed by atoms with van der Waals surface area (Å²) >= 11 is 0. The summed E-state index contributed by atoms with van der Waals surface area (Å²) < 4.78 is 15.6. The highest BCUT2D eigenvalue weighted by molar-refractivity contribution is 5.43. The number of halogens is 1. The van der Waals surface area contributed by atoms with Crippen LogP contribution in [0.25, 0.3) is 5.69 Å². The topological polar surface area (TPSA) is 29.9 Å². The molecule has 2 rings (SSSR count). The Labute approximate surface area is 93.9 Å². The second kappa shape index (κ2) is 4.45. The van der Waals surface area contributed by atoms with E-state index in [-0.39, 0.29) is 11.9 Å². The summed E-state index contributed by atoms with van der Waals surface area (Å²) in [4.78, 5) is 3.97. The van der Waals surface area contributed by atoms with Crippen LogP contribution in [0.2, 0.25) is 0 Å². The number of nitrogens with one attached hydrogen (secondary N) is 1. The molecule has 3 nitrogen and oxygen atoms in total. The third kappa shape index (κ3) is 1.84. The monoisotopic (exact) mass is 219 g/mol. The molecule has 2 aromatic rings. The average molecular weight is 219 g/mol. The fraction of sp³-hybridized carbons (Fsp3) is 0.250. The Morgan fingerprint density at radius 3 is 2.88 bits per heavy atom. The summed E-state index contributed by atoms with van der Waals surface area (Å²) in [6, 6.07) is 5.02. The number of benzene rings is 1. The summed E-state index contributed by atoms with van der Waals surface area (Å²) in [6.45, 7) is 1.93. The van der Waals surface area contributed by atoms with Crippen molar-refractivity contribution in [3.05, 3.63) is 48.3 Å². The Kier molecular flexibility index (Phi) is 3.01. The van der Waals surface area contributed by atoms with Gasteiger partial charge in [-0.1, -0.05) is 6.07 Å². The zero-order valence-electron chi connectivity index (χ0n) is 9.31. The normalized spacial score (nSPS) is 12.7. The van der Waals surface area contributed by atoms with Crippen LogP contribution in [0, 0.1) is 5.82 Å². The van der Waals surface area contributed by atoms with E-state index in [1.54, 1.807) is 24.8 Å². The van der Waals surface area contributed by atoms with Crippen LogP contribution in [0.15, 0.2) is 36.9 Å². The van der Waals surface area contributed by atoms with Gasteiger partial charge in [-0.3, -0.25) is 0 Å². The largest absolute Gasteiger partial charge is 0.313 e. The maximum Gasteiger partial charge on any atom is 0.130 e. The standard InChI is InChI=1S/C12H14FN3/c1-9(14-2)12-10(13)4-3-5-11(12)16-7-6-15-8-16/h3-9,14H,1-2H3. The van der Waals surface area contributed by atoms with E-state index >= 15 is 0 Å². The first-order valence-corrected chi connectivity index (χ1v) is 5.18. The van der Waals surface area contributed by atoms with Crippen LogP contribution in [0.4, 0.5) is 4.39 Å². The van der Waals surface area contributed by atoms with E-state index in [4.69, 9.17) is 0 Å². The van der Waals surface area contributed by atoms with Gasteiger partial charge in [0.2, 0.25) is 0 Å². The van der Waals surface area contributed by atoms with E-state index in [1.807, 2.05) is 24.6 Å². The molecule has 0 aliphatic heterocycles. The van der Waals surface area contributed by atoms with Crippen molar-refractivity contribution in [3.8, 4) is 5.69 Å². The molecule has 0 spiro atoms. The molecule has 0 saturated carbocycles. The first-order valence-electron chi connectivity index (χ1n) is 5.18. The van der Waals surface area contributed by atoms with Gasteiger partial charge in [0.25, 0.3) is 0 Å². The second-order valence-electron chi connectivity index (χ2n) is 3.65. The third-order valence-corrected chi connectivity index (χ3v) is 2.68. The van der Waals surface area contributed by atoms with E-state index in [9.17, 15) is 4.39 Å². The Morgan fingerprint density at radius 2 is 2.25 bits per heavy atom. The first-order chi connectivity index (χ1) is 7.74. The molecule has 0 radical (unpaired) electrons. The molecule has 16 heavy (non-hydrogen) atoms. The highest BCUT2D eigenvalue weighted by Crippen LogP contribution is 2.24. The molecular formula is C12H14FN3. The van der Waals surface area contributed by atoms with Gasteiger partial charge in [0.15, 0.2) is 0 Å². The maximum absolute atomic E-state index is 13.8. The second-order valence-corrected chi connectivity index (χ2v) is 3.65. The highest BCUT2D eigenvalue weighted by atomic mass is 19.1. The molecule has 0 saturated heterocycles. The van der Waals surface area contributed by atoms with Crippen LogP contribution in [-0.4, -0.2) is 16.6 Å². The predicted octanol–water partition coefficient (Wildman–Crippen LogP) is 2.29. The van der Waals surface area contributed by atoms with Crippen molar-refractivity contribution in [1.82, 2.24) is 14.9 Å². The summed E-state index contributed by atoms with van der Waals surface area (Å²) in [5, 5.41) is 3.05. The minimum Gasteiger partial charge on any atom is -0.313 e. The van der Waals surface area contributed by atoms with Crippen LogP contribution in [0.3, 0.4) is 0 Å². The summed E-state index contributed by atoms with van der Waals surface area (Å²) in [7, 11) is 1.81. The van der Waals surface area contributed by atoms with E-state index in [1.165, 1.54) is 6.07 Å². The van der Waals surface area contributed by atoms with E-state index in [0.717, 1.165) is 5.69 Å². The SMILES string of the molecule is CNC(C)c1c(F)cccc1-n1ccnc1. The Hall–Kier alpha value is -1.68. The van der Waals surface area contributed by atoms with Gasteiger partial charge in [0.1, 0.15) is 5.82 Å². The number of imidazole rings is 1.